The first kappa shape index (κ1) is 20.9. The van der Waals surface area contributed by atoms with Crippen molar-refractivity contribution < 1.29 is 9.53 Å². The van der Waals surface area contributed by atoms with Crippen molar-refractivity contribution in [1.82, 2.24) is 5.32 Å². The summed E-state index contributed by atoms with van der Waals surface area (Å²) in [6.07, 6.45) is 1.55. The summed E-state index contributed by atoms with van der Waals surface area (Å²) in [6, 6.07) is 18.3. The Morgan fingerprint density at radius 1 is 1.14 bits per heavy atom. The maximum atomic E-state index is 12.2. The summed E-state index contributed by atoms with van der Waals surface area (Å²) in [4.78, 5) is 13.2. The standard InChI is InChI=1S/C22H16Cl2N2O2S/c23-20-8-5-16(11-21(20)24)14-28-18-6-3-15(4-7-18)10-17(12-25)22(27)26-13-19-2-1-9-29-19/h1-11H,13-14H2,(H,26,27)/b17-10+. The minimum absolute atomic E-state index is 0.0473. The second-order valence-electron chi connectivity index (χ2n) is 6.04. The number of amides is 1. The van der Waals surface area contributed by atoms with Crippen LogP contribution < -0.4 is 10.1 Å². The van der Waals surface area contributed by atoms with Gasteiger partial charge in [-0.25, -0.2) is 0 Å². The number of rotatable bonds is 7. The van der Waals surface area contributed by atoms with Crippen molar-refractivity contribution in [2.24, 2.45) is 0 Å². The van der Waals surface area contributed by atoms with Crippen molar-refractivity contribution >= 4 is 46.5 Å². The van der Waals surface area contributed by atoms with Gasteiger partial charge in [-0.15, -0.1) is 11.3 Å². The number of carbonyl (C=O) groups is 1. The molecule has 0 atom stereocenters. The van der Waals surface area contributed by atoms with Crippen molar-refractivity contribution in [3.05, 3.63) is 91.6 Å². The second kappa shape index (κ2) is 10.1. The second-order valence-corrected chi connectivity index (χ2v) is 7.88. The molecule has 0 radical (unpaired) electrons. The number of hydrogen-bond donors (Lipinski definition) is 1. The van der Waals surface area contributed by atoms with Gasteiger partial charge in [-0.3, -0.25) is 4.79 Å². The Morgan fingerprint density at radius 3 is 2.59 bits per heavy atom. The number of ether oxygens (including phenoxy) is 1. The zero-order valence-corrected chi connectivity index (χ0v) is 17.5. The Hall–Kier alpha value is -2.78. The molecule has 146 valence electrons. The first-order valence-corrected chi connectivity index (χ1v) is 10.3. The fourth-order valence-electron chi connectivity index (χ4n) is 2.45. The fraction of sp³-hybridized carbons (Fsp3) is 0.0909. The Kier molecular flexibility index (Phi) is 7.31. The lowest BCUT2D eigenvalue weighted by molar-refractivity contribution is -0.117. The van der Waals surface area contributed by atoms with E-state index in [0.717, 1.165) is 16.0 Å². The van der Waals surface area contributed by atoms with Crippen LogP contribution in [-0.2, 0) is 17.9 Å². The number of halogens is 2. The first-order valence-electron chi connectivity index (χ1n) is 8.64. The topological polar surface area (TPSA) is 62.1 Å². The minimum Gasteiger partial charge on any atom is -0.489 e. The number of benzene rings is 2. The minimum atomic E-state index is -0.402. The van der Waals surface area contributed by atoms with Crippen LogP contribution >= 0.6 is 34.5 Å². The lowest BCUT2D eigenvalue weighted by Gasteiger charge is -2.08. The molecule has 3 rings (SSSR count). The molecule has 0 saturated heterocycles. The summed E-state index contributed by atoms with van der Waals surface area (Å²) < 4.78 is 5.74. The summed E-state index contributed by atoms with van der Waals surface area (Å²) in [5, 5.41) is 15.0. The molecule has 3 aromatic rings. The van der Waals surface area contributed by atoms with Crippen LogP contribution in [0.15, 0.2) is 65.6 Å². The average Bonchev–Trinajstić information content (AvgIpc) is 3.25. The SMILES string of the molecule is N#C/C(=C\c1ccc(OCc2ccc(Cl)c(Cl)c2)cc1)C(=O)NCc1cccs1. The van der Waals surface area contributed by atoms with E-state index in [4.69, 9.17) is 27.9 Å². The van der Waals surface area contributed by atoms with Gasteiger partial charge in [0.05, 0.1) is 16.6 Å². The van der Waals surface area contributed by atoms with Gasteiger partial charge in [0.1, 0.15) is 24.0 Å². The van der Waals surface area contributed by atoms with Crippen molar-refractivity contribution in [3.8, 4) is 11.8 Å². The molecule has 2 aromatic carbocycles. The van der Waals surface area contributed by atoms with Crippen LogP contribution in [0.2, 0.25) is 10.0 Å². The van der Waals surface area contributed by atoms with Crippen LogP contribution in [0.3, 0.4) is 0 Å². The number of nitriles is 1. The van der Waals surface area contributed by atoms with Crippen LogP contribution in [0.25, 0.3) is 6.08 Å². The molecule has 0 bridgehead atoms. The Labute approximate surface area is 183 Å². The molecule has 0 aliphatic carbocycles. The molecule has 1 amide bonds. The van der Waals surface area contributed by atoms with Gasteiger partial charge in [-0.2, -0.15) is 5.26 Å². The van der Waals surface area contributed by atoms with E-state index in [1.807, 2.05) is 29.6 Å². The summed E-state index contributed by atoms with van der Waals surface area (Å²) in [7, 11) is 0. The number of nitrogens with zero attached hydrogens (tertiary/aromatic N) is 1. The molecule has 0 unspecified atom stereocenters. The maximum Gasteiger partial charge on any atom is 0.262 e. The van der Waals surface area contributed by atoms with Crippen LogP contribution in [0.4, 0.5) is 0 Å². The summed E-state index contributed by atoms with van der Waals surface area (Å²) in [5.74, 6) is 0.259. The van der Waals surface area contributed by atoms with Crippen LogP contribution in [0.1, 0.15) is 16.0 Å². The predicted octanol–water partition coefficient (Wildman–Crippen LogP) is 5.86. The van der Waals surface area contributed by atoms with Crippen molar-refractivity contribution in [2.45, 2.75) is 13.2 Å². The number of carbonyl (C=O) groups excluding carboxylic acids is 1. The van der Waals surface area contributed by atoms with Gasteiger partial charge >= 0.3 is 0 Å². The highest BCUT2D eigenvalue weighted by atomic mass is 35.5. The lowest BCUT2D eigenvalue weighted by Crippen LogP contribution is -2.23. The van der Waals surface area contributed by atoms with E-state index < -0.39 is 5.91 Å². The maximum absolute atomic E-state index is 12.2. The third-order valence-corrected chi connectivity index (χ3v) is 5.56. The molecule has 0 fully saturated rings. The third-order valence-electron chi connectivity index (χ3n) is 3.95. The normalized spacial score (nSPS) is 11.0. The molecule has 0 spiro atoms. The van der Waals surface area contributed by atoms with E-state index in [9.17, 15) is 10.1 Å². The number of hydrogen-bond acceptors (Lipinski definition) is 4. The van der Waals surface area contributed by atoms with E-state index in [1.165, 1.54) is 0 Å². The monoisotopic (exact) mass is 442 g/mol. The van der Waals surface area contributed by atoms with Crippen LogP contribution in [0.5, 0.6) is 5.75 Å². The molecule has 0 aliphatic heterocycles. The van der Waals surface area contributed by atoms with Crippen molar-refractivity contribution in [3.63, 3.8) is 0 Å². The zero-order chi connectivity index (χ0) is 20.6. The summed E-state index contributed by atoms with van der Waals surface area (Å²) in [5.41, 5.74) is 1.68. The molecular weight excluding hydrogens is 427 g/mol. The molecule has 4 nitrogen and oxygen atoms in total. The molecule has 1 N–H and O–H groups in total. The number of nitrogens with one attached hydrogen (secondary N) is 1. The van der Waals surface area contributed by atoms with E-state index in [-0.39, 0.29) is 5.57 Å². The molecule has 0 saturated carbocycles. The highest BCUT2D eigenvalue weighted by Gasteiger charge is 2.09. The van der Waals surface area contributed by atoms with Crippen molar-refractivity contribution in [1.29, 1.82) is 5.26 Å². The quantitative estimate of drug-likeness (QED) is 0.368. The molecule has 1 aromatic heterocycles. The Morgan fingerprint density at radius 2 is 1.93 bits per heavy atom. The smallest absolute Gasteiger partial charge is 0.262 e. The lowest BCUT2D eigenvalue weighted by atomic mass is 10.1. The predicted molar refractivity (Wildman–Crippen MR) is 117 cm³/mol. The Bertz CT molecular complexity index is 1060. The Balaban J connectivity index is 1.59. The summed E-state index contributed by atoms with van der Waals surface area (Å²) in [6.45, 7) is 0.748. The first-order chi connectivity index (χ1) is 14.0. The van der Waals surface area contributed by atoms with Gasteiger partial charge in [0, 0.05) is 4.88 Å². The number of thiophene rings is 1. The van der Waals surface area contributed by atoms with Gasteiger partial charge in [-0.1, -0.05) is 47.5 Å². The van der Waals surface area contributed by atoms with Gasteiger partial charge in [-0.05, 0) is 52.9 Å². The molecule has 29 heavy (non-hydrogen) atoms. The van der Waals surface area contributed by atoms with E-state index in [0.29, 0.717) is 28.9 Å². The highest BCUT2D eigenvalue weighted by molar-refractivity contribution is 7.09. The summed E-state index contributed by atoms with van der Waals surface area (Å²) >= 11 is 13.5. The fourth-order valence-corrected chi connectivity index (χ4v) is 3.41. The molecular formula is C22H16Cl2N2O2S. The van der Waals surface area contributed by atoms with Crippen LogP contribution in [-0.4, -0.2) is 5.91 Å². The third kappa shape index (κ3) is 6.10. The molecule has 0 aliphatic rings. The van der Waals surface area contributed by atoms with Gasteiger partial charge in [0.2, 0.25) is 0 Å². The average molecular weight is 443 g/mol. The van der Waals surface area contributed by atoms with Gasteiger partial charge in [0.15, 0.2) is 0 Å². The van der Waals surface area contributed by atoms with E-state index in [1.54, 1.807) is 53.8 Å². The molecule has 7 heteroatoms. The zero-order valence-electron chi connectivity index (χ0n) is 15.2. The van der Waals surface area contributed by atoms with Crippen molar-refractivity contribution in [2.75, 3.05) is 0 Å². The largest absolute Gasteiger partial charge is 0.489 e. The van der Waals surface area contributed by atoms with Crippen LogP contribution in [0, 0.1) is 11.3 Å². The van der Waals surface area contributed by atoms with Gasteiger partial charge in [0.25, 0.3) is 5.91 Å². The van der Waals surface area contributed by atoms with Gasteiger partial charge < -0.3 is 10.1 Å². The van der Waals surface area contributed by atoms with E-state index in [2.05, 4.69) is 5.32 Å². The molecule has 1 heterocycles. The highest BCUT2D eigenvalue weighted by Crippen LogP contribution is 2.23. The van der Waals surface area contributed by atoms with E-state index >= 15 is 0 Å².